The van der Waals surface area contributed by atoms with Gasteiger partial charge in [-0.05, 0) is 41.7 Å². The lowest BCUT2D eigenvalue weighted by Gasteiger charge is -2.12. The maximum atomic E-state index is 13.2. The Hall–Kier alpha value is -0.860. The van der Waals surface area contributed by atoms with Crippen molar-refractivity contribution >= 4 is 27.5 Å². The molecular formula is C17H17BrClF. The Bertz CT molecular complexity index is 566. The molecule has 2 aromatic rings. The van der Waals surface area contributed by atoms with E-state index in [1.54, 1.807) is 12.1 Å². The summed E-state index contributed by atoms with van der Waals surface area (Å²) >= 11 is 9.48. The highest BCUT2D eigenvalue weighted by molar-refractivity contribution is 9.09. The normalized spacial score (nSPS) is 12.4. The number of benzene rings is 2. The van der Waals surface area contributed by atoms with Gasteiger partial charge in [-0.15, -0.1) is 0 Å². The molecule has 0 aromatic heterocycles. The Morgan fingerprint density at radius 2 is 1.75 bits per heavy atom. The molecule has 0 saturated heterocycles. The van der Waals surface area contributed by atoms with E-state index in [1.807, 2.05) is 0 Å². The van der Waals surface area contributed by atoms with Gasteiger partial charge in [0.15, 0.2) is 0 Å². The first-order valence-corrected chi connectivity index (χ1v) is 8.09. The van der Waals surface area contributed by atoms with Crippen LogP contribution >= 0.6 is 27.5 Å². The molecule has 1 atom stereocenters. The summed E-state index contributed by atoms with van der Waals surface area (Å²) in [5.41, 5.74) is 3.46. The van der Waals surface area contributed by atoms with Gasteiger partial charge >= 0.3 is 0 Å². The van der Waals surface area contributed by atoms with E-state index in [1.165, 1.54) is 24.5 Å². The van der Waals surface area contributed by atoms with Gasteiger partial charge in [-0.2, -0.15) is 0 Å². The maximum Gasteiger partial charge on any atom is 0.141 e. The minimum absolute atomic E-state index is 0.0285. The largest absolute Gasteiger partial charge is 0.205 e. The summed E-state index contributed by atoms with van der Waals surface area (Å²) in [6.45, 7) is 2.20. The van der Waals surface area contributed by atoms with Gasteiger partial charge < -0.3 is 0 Å². The molecule has 0 spiro atoms. The third-order valence-electron chi connectivity index (χ3n) is 3.33. The monoisotopic (exact) mass is 354 g/mol. The fourth-order valence-electron chi connectivity index (χ4n) is 2.10. The fourth-order valence-corrected chi connectivity index (χ4v) is 2.88. The van der Waals surface area contributed by atoms with Crippen LogP contribution in [0.4, 0.5) is 4.39 Å². The first-order chi connectivity index (χ1) is 9.61. The zero-order valence-corrected chi connectivity index (χ0v) is 13.7. The number of hydrogen-bond donors (Lipinski definition) is 0. The Morgan fingerprint density at radius 1 is 1.10 bits per heavy atom. The van der Waals surface area contributed by atoms with Gasteiger partial charge in [0.2, 0.25) is 0 Å². The van der Waals surface area contributed by atoms with Crippen LogP contribution in [0, 0.1) is 5.82 Å². The van der Waals surface area contributed by atoms with Gasteiger partial charge in [-0.25, -0.2) is 4.39 Å². The van der Waals surface area contributed by atoms with Crippen LogP contribution in [0.25, 0.3) is 0 Å². The molecule has 0 aliphatic rings. The summed E-state index contributed by atoms with van der Waals surface area (Å²) in [6, 6.07) is 13.4. The van der Waals surface area contributed by atoms with E-state index in [2.05, 4.69) is 47.1 Å². The van der Waals surface area contributed by atoms with Crippen LogP contribution in [0.1, 0.15) is 41.3 Å². The number of aryl methyl sites for hydroxylation is 1. The maximum absolute atomic E-state index is 13.2. The molecule has 2 aromatic carbocycles. The SMILES string of the molecule is CCCCc1ccc(C(Br)c2ccc(F)c(Cl)c2)cc1. The molecule has 0 nitrogen and oxygen atoms in total. The second-order valence-electron chi connectivity index (χ2n) is 4.88. The van der Waals surface area contributed by atoms with Crippen LogP contribution in [0.3, 0.4) is 0 Å². The highest BCUT2D eigenvalue weighted by atomic mass is 79.9. The Kier molecular flexibility index (Phi) is 5.62. The molecular weight excluding hydrogens is 339 g/mol. The average molecular weight is 356 g/mol. The van der Waals surface area contributed by atoms with Gasteiger partial charge in [0.25, 0.3) is 0 Å². The van der Waals surface area contributed by atoms with Crippen molar-refractivity contribution in [3.63, 3.8) is 0 Å². The van der Waals surface area contributed by atoms with Gasteiger partial charge in [0.1, 0.15) is 5.82 Å². The molecule has 0 bridgehead atoms. The van der Waals surface area contributed by atoms with Crippen molar-refractivity contribution < 1.29 is 4.39 Å². The van der Waals surface area contributed by atoms with E-state index < -0.39 is 0 Å². The van der Waals surface area contributed by atoms with Crippen LogP contribution in [0.15, 0.2) is 42.5 Å². The highest BCUT2D eigenvalue weighted by Gasteiger charge is 2.12. The number of alkyl halides is 1. The second-order valence-corrected chi connectivity index (χ2v) is 6.20. The minimum Gasteiger partial charge on any atom is -0.205 e. The van der Waals surface area contributed by atoms with Gasteiger partial charge in [0.05, 0.1) is 9.85 Å². The molecule has 0 amide bonds. The topological polar surface area (TPSA) is 0 Å². The van der Waals surface area contributed by atoms with E-state index in [9.17, 15) is 4.39 Å². The quantitative estimate of drug-likeness (QED) is 0.552. The third-order valence-corrected chi connectivity index (χ3v) is 4.67. The smallest absolute Gasteiger partial charge is 0.141 e. The van der Waals surface area contributed by atoms with Gasteiger partial charge in [-0.1, -0.05) is 71.2 Å². The first kappa shape index (κ1) is 15.5. The summed E-state index contributed by atoms with van der Waals surface area (Å²) in [5, 5.41) is 0.159. The van der Waals surface area contributed by atoms with Crippen molar-refractivity contribution in [3.05, 3.63) is 70.0 Å². The molecule has 0 saturated carbocycles. The summed E-state index contributed by atoms with van der Waals surface area (Å²) in [6.07, 6.45) is 3.54. The molecule has 1 unspecified atom stereocenters. The Balaban J connectivity index is 2.15. The van der Waals surface area contributed by atoms with Crippen LogP contribution in [-0.2, 0) is 6.42 Å². The summed E-state index contributed by atoms with van der Waals surface area (Å²) < 4.78 is 13.2. The van der Waals surface area contributed by atoms with E-state index in [4.69, 9.17) is 11.6 Å². The first-order valence-electron chi connectivity index (χ1n) is 6.79. The van der Waals surface area contributed by atoms with Crippen LogP contribution < -0.4 is 0 Å². The molecule has 0 N–H and O–H groups in total. The molecule has 2 rings (SSSR count). The zero-order valence-electron chi connectivity index (χ0n) is 11.4. The lowest BCUT2D eigenvalue weighted by Crippen LogP contribution is -1.94. The standard InChI is InChI=1S/C17H17BrClF/c1-2-3-4-12-5-7-13(8-6-12)17(18)14-9-10-16(20)15(19)11-14/h5-11,17H,2-4H2,1H3. The molecule has 106 valence electrons. The molecule has 0 fully saturated rings. The summed E-state index contributed by atoms with van der Waals surface area (Å²) in [7, 11) is 0. The van der Waals surface area contributed by atoms with Crippen molar-refractivity contribution in [1.29, 1.82) is 0 Å². The minimum atomic E-state index is -0.384. The van der Waals surface area contributed by atoms with Crippen molar-refractivity contribution in [3.8, 4) is 0 Å². The number of rotatable bonds is 5. The molecule has 0 aliphatic carbocycles. The number of hydrogen-bond acceptors (Lipinski definition) is 0. The predicted molar refractivity (Wildman–Crippen MR) is 87.2 cm³/mol. The lowest BCUT2D eigenvalue weighted by atomic mass is 10.0. The van der Waals surface area contributed by atoms with Gasteiger partial charge in [0, 0.05) is 0 Å². The van der Waals surface area contributed by atoms with Crippen molar-refractivity contribution in [2.45, 2.75) is 31.0 Å². The molecule has 20 heavy (non-hydrogen) atoms. The predicted octanol–water partition coefficient (Wildman–Crippen LogP) is 6.31. The molecule has 0 heterocycles. The summed E-state index contributed by atoms with van der Waals surface area (Å²) in [4.78, 5) is 0.0285. The van der Waals surface area contributed by atoms with Crippen LogP contribution in [0.5, 0.6) is 0 Å². The van der Waals surface area contributed by atoms with Gasteiger partial charge in [-0.3, -0.25) is 0 Å². The van der Waals surface area contributed by atoms with Crippen molar-refractivity contribution in [1.82, 2.24) is 0 Å². The van der Waals surface area contributed by atoms with Crippen LogP contribution in [0.2, 0.25) is 5.02 Å². The van der Waals surface area contributed by atoms with Crippen molar-refractivity contribution in [2.24, 2.45) is 0 Å². The van der Waals surface area contributed by atoms with E-state index in [0.717, 1.165) is 17.5 Å². The Labute approximate surface area is 133 Å². The number of unbranched alkanes of at least 4 members (excludes halogenated alkanes) is 1. The van der Waals surface area contributed by atoms with E-state index in [-0.39, 0.29) is 15.7 Å². The molecule has 0 aliphatic heterocycles. The highest BCUT2D eigenvalue weighted by Crippen LogP contribution is 2.32. The van der Waals surface area contributed by atoms with Crippen molar-refractivity contribution in [2.75, 3.05) is 0 Å². The average Bonchev–Trinajstić information content (AvgIpc) is 2.48. The molecule has 3 heteroatoms. The van der Waals surface area contributed by atoms with Crippen LogP contribution in [-0.4, -0.2) is 0 Å². The number of halogens is 3. The van der Waals surface area contributed by atoms with E-state index in [0.29, 0.717) is 0 Å². The third kappa shape index (κ3) is 3.83. The zero-order chi connectivity index (χ0) is 14.5. The van der Waals surface area contributed by atoms with E-state index >= 15 is 0 Å². The lowest BCUT2D eigenvalue weighted by molar-refractivity contribution is 0.627. The Morgan fingerprint density at radius 3 is 2.35 bits per heavy atom. The molecule has 0 radical (unpaired) electrons. The second kappa shape index (κ2) is 7.24. The summed E-state index contributed by atoms with van der Waals surface area (Å²) in [5.74, 6) is -0.384. The fraction of sp³-hybridized carbons (Fsp3) is 0.294.